The second-order valence-electron chi connectivity index (χ2n) is 3.68. The van der Waals surface area contributed by atoms with Gasteiger partial charge in [-0.1, -0.05) is 0 Å². The Hall–Kier alpha value is -1.68. The van der Waals surface area contributed by atoms with Crippen LogP contribution in [0.1, 0.15) is 0 Å². The van der Waals surface area contributed by atoms with Crippen molar-refractivity contribution in [2.24, 2.45) is 0 Å². The van der Waals surface area contributed by atoms with E-state index >= 15 is 0 Å². The Kier molecular flexibility index (Phi) is 3.01. The van der Waals surface area contributed by atoms with E-state index in [0.717, 1.165) is 18.2 Å². The summed E-state index contributed by atoms with van der Waals surface area (Å²) in [6, 6.07) is 6.17. The molecule has 9 heteroatoms. The summed E-state index contributed by atoms with van der Waals surface area (Å²) in [5, 5.41) is 9.70. The first-order valence-electron chi connectivity index (χ1n) is 4.73. The minimum atomic E-state index is -4.59. The van der Waals surface area contributed by atoms with E-state index in [4.69, 9.17) is 9.11 Å². The van der Waals surface area contributed by atoms with Gasteiger partial charge in [0.15, 0.2) is 0 Å². The Morgan fingerprint density at radius 3 is 2.11 bits per heavy atom. The molecule has 3 N–H and O–H groups in total. The fraction of sp³-hybridized carbons (Fsp3) is 0. The number of phenols is 1. The van der Waals surface area contributed by atoms with Gasteiger partial charge in [0.1, 0.15) is 10.6 Å². The smallest absolute Gasteiger partial charge is 0.295 e. The largest absolute Gasteiger partial charge is 0.507 e. The lowest BCUT2D eigenvalue weighted by Crippen LogP contribution is -2.00. The topological polar surface area (TPSA) is 129 Å². The zero-order valence-electron chi connectivity index (χ0n) is 9.10. The van der Waals surface area contributed by atoms with Crippen LogP contribution in [-0.2, 0) is 20.2 Å². The van der Waals surface area contributed by atoms with Crippen LogP contribution in [0.5, 0.6) is 5.75 Å². The number of hydrogen-bond donors (Lipinski definition) is 3. The van der Waals surface area contributed by atoms with E-state index in [-0.39, 0.29) is 10.8 Å². The van der Waals surface area contributed by atoms with Gasteiger partial charge in [0.25, 0.3) is 20.2 Å². The summed E-state index contributed by atoms with van der Waals surface area (Å²) in [5.74, 6) is -0.563. The van der Waals surface area contributed by atoms with Crippen molar-refractivity contribution >= 4 is 31.0 Å². The van der Waals surface area contributed by atoms with Crippen molar-refractivity contribution in [1.29, 1.82) is 0 Å². The van der Waals surface area contributed by atoms with E-state index in [2.05, 4.69) is 6.07 Å². The predicted octanol–water partition coefficient (Wildman–Crippen LogP) is 0.839. The highest BCUT2D eigenvalue weighted by Gasteiger charge is 2.16. The molecule has 0 unspecified atom stereocenters. The van der Waals surface area contributed by atoms with Crippen LogP contribution >= 0.6 is 0 Å². The van der Waals surface area contributed by atoms with Gasteiger partial charge in [0.2, 0.25) is 0 Å². The molecule has 0 aliphatic heterocycles. The van der Waals surface area contributed by atoms with Gasteiger partial charge in [0, 0.05) is 5.39 Å². The molecular formula is C10H7O7S2. The number of rotatable bonds is 2. The molecule has 0 heterocycles. The molecule has 0 aliphatic rings. The van der Waals surface area contributed by atoms with Crippen LogP contribution in [0.15, 0.2) is 34.1 Å². The maximum Gasteiger partial charge on any atom is 0.295 e. The Morgan fingerprint density at radius 2 is 1.58 bits per heavy atom. The number of hydrogen-bond acceptors (Lipinski definition) is 5. The maximum atomic E-state index is 11.0. The van der Waals surface area contributed by atoms with Crippen LogP contribution in [-0.4, -0.2) is 31.0 Å². The van der Waals surface area contributed by atoms with Crippen molar-refractivity contribution in [2.45, 2.75) is 9.79 Å². The average molecular weight is 303 g/mol. The fourth-order valence-electron chi connectivity index (χ4n) is 1.54. The Morgan fingerprint density at radius 1 is 0.947 bits per heavy atom. The lowest BCUT2D eigenvalue weighted by atomic mass is 10.1. The zero-order valence-corrected chi connectivity index (χ0v) is 10.7. The highest BCUT2D eigenvalue weighted by molar-refractivity contribution is 7.86. The SMILES string of the molecule is O=S(=O)(O)c1[c]c(O)c2ccc(S(=O)(=O)O)cc2c1. The van der Waals surface area contributed by atoms with E-state index in [1.807, 2.05) is 0 Å². The first-order valence-corrected chi connectivity index (χ1v) is 7.61. The van der Waals surface area contributed by atoms with Crippen molar-refractivity contribution < 1.29 is 31.0 Å². The molecule has 0 fully saturated rings. The molecule has 0 bridgehead atoms. The summed E-state index contributed by atoms with van der Waals surface area (Å²) in [7, 11) is -9.05. The van der Waals surface area contributed by atoms with Crippen LogP contribution in [0.25, 0.3) is 10.8 Å². The van der Waals surface area contributed by atoms with Crippen LogP contribution in [0.4, 0.5) is 0 Å². The highest BCUT2D eigenvalue weighted by Crippen LogP contribution is 2.29. The zero-order chi connectivity index (χ0) is 14.4. The molecular weight excluding hydrogens is 296 g/mol. The Balaban J connectivity index is 2.85. The standard InChI is InChI=1S/C10H7O7S2/c11-10-5-8(19(15,16)17)4-6-3-7(18(12,13)14)1-2-9(6)10/h1-4,11H,(H,12,13,14)(H,15,16,17). The minimum Gasteiger partial charge on any atom is -0.507 e. The van der Waals surface area contributed by atoms with Gasteiger partial charge < -0.3 is 5.11 Å². The third kappa shape index (κ3) is 2.68. The third-order valence-electron chi connectivity index (χ3n) is 2.38. The molecule has 0 aromatic heterocycles. The quantitative estimate of drug-likeness (QED) is 0.701. The van der Waals surface area contributed by atoms with Gasteiger partial charge in [-0.3, -0.25) is 9.11 Å². The molecule has 101 valence electrons. The van der Waals surface area contributed by atoms with Gasteiger partial charge >= 0.3 is 0 Å². The van der Waals surface area contributed by atoms with Crippen molar-refractivity contribution in [3.05, 3.63) is 30.3 Å². The summed E-state index contributed by atoms with van der Waals surface area (Å²) in [4.78, 5) is -1.17. The highest BCUT2D eigenvalue weighted by atomic mass is 32.2. The van der Waals surface area contributed by atoms with E-state index in [9.17, 15) is 21.9 Å². The van der Waals surface area contributed by atoms with Crippen LogP contribution in [0.3, 0.4) is 0 Å². The van der Waals surface area contributed by atoms with Crippen molar-refractivity contribution in [3.63, 3.8) is 0 Å². The first-order chi connectivity index (χ1) is 8.59. The summed E-state index contributed by atoms with van der Waals surface area (Å²) in [6.07, 6.45) is 0. The second-order valence-corrected chi connectivity index (χ2v) is 6.49. The van der Waals surface area contributed by atoms with Gasteiger partial charge in [0.05, 0.1) is 11.0 Å². The maximum absolute atomic E-state index is 11.0. The fourth-order valence-corrected chi connectivity index (χ4v) is 2.55. The lowest BCUT2D eigenvalue weighted by molar-refractivity contribution is 0.469. The molecule has 19 heavy (non-hydrogen) atoms. The summed E-state index contributed by atoms with van der Waals surface area (Å²) in [5.41, 5.74) is 0. The molecule has 0 amide bonds. The minimum absolute atomic E-state index is 0.0130. The summed E-state index contributed by atoms with van der Waals surface area (Å²) >= 11 is 0. The van der Waals surface area contributed by atoms with Crippen LogP contribution in [0.2, 0.25) is 0 Å². The predicted molar refractivity (Wildman–Crippen MR) is 64.1 cm³/mol. The molecule has 2 aromatic rings. The Labute approximate surface area is 108 Å². The molecule has 1 radical (unpaired) electrons. The Bertz CT molecular complexity index is 861. The molecule has 0 spiro atoms. The van der Waals surface area contributed by atoms with Crippen LogP contribution in [0, 0.1) is 6.07 Å². The molecule has 7 nitrogen and oxygen atoms in total. The molecule has 0 aliphatic carbocycles. The first kappa shape index (κ1) is 13.7. The number of benzene rings is 2. The monoisotopic (exact) mass is 303 g/mol. The molecule has 0 saturated carbocycles. The number of aromatic hydroxyl groups is 1. The molecule has 2 rings (SSSR count). The number of fused-ring (bicyclic) bond motifs is 1. The lowest BCUT2D eigenvalue weighted by Gasteiger charge is -2.05. The number of phenolic OH excluding ortho intramolecular Hbond substituents is 1. The van der Waals surface area contributed by atoms with Crippen LogP contribution < -0.4 is 0 Å². The van der Waals surface area contributed by atoms with Gasteiger partial charge in [-0.05, 0) is 29.7 Å². The normalized spacial score (nSPS) is 12.7. The molecule has 0 atom stereocenters. The van der Waals surface area contributed by atoms with E-state index in [1.165, 1.54) is 6.07 Å². The average Bonchev–Trinajstić information content (AvgIpc) is 2.25. The summed E-state index contributed by atoms with van der Waals surface area (Å²) in [6.45, 7) is 0. The summed E-state index contributed by atoms with van der Waals surface area (Å²) < 4.78 is 61.6. The van der Waals surface area contributed by atoms with E-state index in [0.29, 0.717) is 0 Å². The molecule has 0 saturated heterocycles. The van der Waals surface area contributed by atoms with Crippen molar-refractivity contribution in [2.75, 3.05) is 0 Å². The van der Waals surface area contributed by atoms with Crippen molar-refractivity contribution in [1.82, 2.24) is 0 Å². The van der Waals surface area contributed by atoms with E-state index in [1.54, 1.807) is 0 Å². The molecule has 2 aromatic carbocycles. The van der Waals surface area contributed by atoms with Gasteiger partial charge in [-0.2, -0.15) is 16.8 Å². The van der Waals surface area contributed by atoms with Gasteiger partial charge in [-0.15, -0.1) is 0 Å². The second kappa shape index (κ2) is 4.17. The van der Waals surface area contributed by atoms with E-state index < -0.39 is 35.8 Å². The van der Waals surface area contributed by atoms with Crippen molar-refractivity contribution in [3.8, 4) is 5.75 Å². The third-order valence-corrected chi connectivity index (χ3v) is 4.01. The van der Waals surface area contributed by atoms with Gasteiger partial charge in [-0.25, -0.2) is 0 Å².